The Morgan fingerprint density at radius 2 is 1.89 bits per heavy atom. The van der Waals surface area contributed by atoms with Crippen LogP contribution >= 0.6 is 0 Å². The molecule has 0 bridgehead atoms. The largest absolute Gasteiger partial charge is 0.480 e. The summed E-state index contributed by atoms with van der Waals surface area (Å²) in [6, 6.07) is -0.866. The van der Waals surface area contributed by atoms with Crippen LogP contribution in [0.5, 0.6) is 0 Å². The van der Waals surface area contributed by atoms with Crippen LogP contribution in [0.3, 0.4) is 0 Å². The molecule has 0 aromatic heterocycles. The quantitative estimate of drug-likeness (QED) is 0.709. The van der Waals surface area contributed by atoms with Crippen LogP contribution in [0.25, 0.3) is 0 Å². The van der Waals surface area contributed by atoms with Crippen LogP contribution in [0, 0.1) is 11.3 Å². The molecule has 19 heavy (non-hydrogen) atoms. The van der Waals surface area contributed by atoms with Gasteiger partial charge >= 0.3 is 5.97 Å². The third-order valence-corrected chi connectivity index (χ3v) is 2.74. The van der Waals surface area contributed by atoms with Crippen LogP contribution in [0.4, 0.5) is 0 Å². The van der Waals surface area contributed by atoms with Crippen molar-refractivity contribution in [3.05, 3.63) is 0 Å². The number of carboxylic acids is 1. The van der Waals surface area contributed by atoms with E-state index in [1.807, 2.05) is 6.92 Å². The SMILES string of the molecule is COCCC(NC(=O)CC(C)CC(C)(C)C)C(=O)O. The van der Waals surface area contributed by atoms with Gasteiger partial charge in [-0.1, -0.05) is 27.7 Å². The van der Waals surface area contributed by atoms with Gasteiger partial charge in [0, 0.05) is 26.6 Å². The zero-order valence-corrected chi connectivity index (χ0v) is 12.7. The molecule has 0 fully saturated rings. The first-order valence-electron chi connectivity index (χ1n) is 6.67. The third-order valence-electron chi connectivity index (χ3n) is 2.74. The smallest absolute Gasteiger partial charge is 0.326 e. The van der Waals surface area contributed by atoms with Crippen LogP contribution in [0.2, 0.25) is 0 Å². The molecule has 2 unspecified atom stereocenters. The Hall–Kier alpha value is -1.10. The van der Waals surface area contributed by atoms with Gasteiger partial charge in [-0.05, 0) is 17.8 Å². The predicted octanol–water partition coefficient (Wildman–Crippen LogP) is 2.05. The molecule has 0 rings (SSSR count). The Bertz CT molecular complexity index is 296. The van der Waals surface area contributed by atoms with Crippen molar-refractivity contribution in [2.75, 3.05) is 13.7 Å². The van der Waals surface area contributed by atoms with Gasteiger partial charge in [-0.3, -0.25) is 4.79 Å². The second kappa shape index (κ2) is 8.15. The van der Waals surface area contributed by atoms with E-state index in [9.17, 15) is 9.59 Å². The van der Waals surface area contributed by atoms with Gasteiger partial charge in [0.25, 0.3) is 0 Å². The van der Waals surface area contributed by atoms with Gasteiger partial charge in [0.05, 0.1) is 0 Å². The van der Waals surface area contributed by atoms with Crippen LogP contribution in [-0.2, 0) is 14.3 Å². The number of carbonyl (C=O) groups is 2. The molecule has 0 aromatic rings. The summed E-state index contributed by atoms with van der Waals surface area (Å²) < 4.78 is 4.84. The van der Waals surface area contributed by atoms with E-state index in [1.165, 1.54) is 7.11 Å². The number of hydrogen-bond acceptors (Lipinski definition) is 3. The highest BCUT2D eigenvalue weighted by molar-refractivity contribution is 5.83. The van der Waals surface area contributed by atoms with Gasteiger partial charge in [-0.25, -0.2) is 4.79 Å². The third kappa shape index (κ3) is 9.47. The van der Waals surface area contributed by atoms with Gasteiger partial charge < -0.3 is 15.2 Å². The van der Waals surface area contributed by atoms with Crippen molar-refractivity contribution in [1.82, 2.24) is 5.32 Å². The second-order valence-corrected chi connectivity index (χ2v) is 6.31. The highest BCUT2D eigenvalue weighted by Gasteiger charge is 2.22. The fraction of sp³-hybridized carbons (Fsp3) is 0.857. The highest BCUT2D eigenvalue weighted by Crippen LogP contribution is 2.25. The van der Waals surface area contributed by atoms with Gasteiger partial charge in [0.2, 0.25) is 5.91 Å². The second-order valence-electron chi connectivity index (χ2n) is 6.31. The number of nitrogens with one attached hydrogen (secondary N) is 1. The zero-order chi connectivity index (χ0) is 15.1. The Morgan fingerprint density at radius 1 is 1.32 bits per heavy atom. The molecule has 0 heterocycles. The summed E-state index contributed by atoms with van der Waals surface area (Å²) in [6.07, 6.45) is 1.56. The van der Waals surface area contributed by atoms with Gasteiger partial charge in [0.1, 0.15) is 6.04 Å². The van der Waals surface area contributed by atoms with Crippen molar-refractivity contribution in [3.8, 4) is 0 Å². The Labute approximate surface area is 115 Å². The van der Waals surface area contributed by atoms with Crippen molar-refractivity contribution in [3.63, 3.8) is 0 Å². The summed E-state index contributed by atoms with van der Waals surface area (Å²) in [5, 5.41) is 11.5. The molecule has 0 aliphatic rings. The van der Waals surface area contributed by atoms with Crippen molar-refractivity contribution in [1.29, 1.82) is 0 Å². The number of rotatable bonds is 8. The Balaban J connectivity index is 4.22. The number of methoxy groups -OCH3 is 1. The first kappa shape index (κ1) is 17.9. The lowest BCUT2D eigenvalue weighted by Gasteiger charge is -2.23. The molecule has 0 saturated heterocycles. The van der Waals surface area contributed by atoms with Gasteiger partial charge in [-0.2, -0.15) is 0 Å². The number of ether oxygens (including phenoxy) is 1. The van der Waals surface area contributed by atoms with Crippen molar-refractivity contribution < 1.29 is 19.4 Å². The number of aliphatic carboxylic acids is 1. The average Bonchev–Trinajstić information content (AvgIpc) is 2.20. The summed E-state index contributed by atoms with van der Waals surface area (Å²) in [7, 11) is 1.51. The number of carboxylic acid groups (broad SMARTS) is 1. The van der Waals surface area contributed by atoms with Crippen LogP contribution < -0.4 is 5.32 Å². The Morgan fingerprint density at radius 3 is 2.32 bits per heavy atom. The van der Waals surface area contributed by atoms with Crippen LogP contribution in [0.1, 0.15) is 47.0 Å². The molecule has 0 radical (unpaired) electrons. The summed E-state index contributed by atoms with van der Waals surface area (Å²) in [6.45, 7) is 8.70. The fourth-order valence-corrected chi connectivity index (χ4v) is 2.18. The van der Waals surface area contributed by atoms with Crippen molar-refractivity contribution in [2.45, 2.75) is 53.0 Å². The predicted molar refractivity (Wildman–Crippen MR) is 73.9 cm³/mol. The minimum Gasteiger partial charge on any atom is -0.480 e. The lowest BCUT2D eigenvalue weighted by Crippen LogP contribution is -2.42. The topological polar surface area (TPSA) is 75.6 Å². The molecule has 5 heteroatoms. The van der Waals surface area contributed by atoms with E-state index < -0.39 is 12.0 Å². The minimum atomic E-state index is -1.02. The molecular formula is C14H27NO4. The van der Waals surface area contributed by atoms with E-state index in [0.29, 0.717) is 13.0 Å². The summed E-state index contributed by atoms with van der Waals surface area (Å²) in [5.41, 5.74) is 0.169. The van der Waals surface area contributed by atoms with E-state index in [-0.39, 0.29) is 23.7 Å². The number of amides is 1. The van der Waals surface area contributed by atoms with E-state index >= 15 is 0 Å². The monoisotopic (exact) mass is 273 g/mol. The summed E-state index contributed by atoms with van der Waals surface area (Å²) in [5.74, 6) is -0.994. The lowest BCUT2D eigenvalue weighted by molar-refractivity contribution is -0.142. The number of hydrogen-bond donors (Lipinski definition) is 2. The fourth-order valence-electron chi connectivity index (χ4n) is 2.18. The van der Waals surface area contributed by atoms with Crippen LogP contribution in [-0.4, -0.2) is 36.7 Å². The minimum absolute atomic E-state index is 0.169. The molecule has 112 valence electrons. The van der Waals surface area contributed by atoms with E-state index in [2.05, 4.69) is 26.1 Å². The molecular weight excluding hydrogens is 246 g/mol. The maximum Gasteiger partial charge on any atom is 0.326 e. The van der Waals surface area contributed by atoms with Gasteiger partial charge in [0.15, 0.2) is 0 Å². The summed E-state index contributed by atoms with van der Waals surface area (Å²) >= 11 is 0. The zero-order valence-electron chi connectivity index (χ0n) is 12.7. The van der Waals surface area contributed by atoms with E-state index in [0.717, 1.165) is 6.42 Å². The van der Waals surface area contributed by atoms with Gasteiger partial charge in [-0.15, -0.1) is 0 Å². The van der Waals surface area contributed by atoms with Crippen LogP contribution in [0.15, 0.2) is 0 Å². The maximum absolute atomic E-state index is 11.8. The summed E-state index contributed by atoms with van der Waals surface area (Å²) in [4.78, 5) is 22.8. The molecule has 0 aliphatic carbocycles. The number of carbonyl (C=O) groups excluding carboxylic acids is 1. The molecule has 2 atom stereocenters. The molecule has 1 amide bonds. The molecule has 0 spiro atoms. The normalized spacial score (nSPS) is 14.8. The standard InChI is InChI=1S/C14H27NO4/c1-10(9-14(2,3)4)8-12(16)15-11(13(17)18)6-7-19-5/h10-11H,6-9H2,1-5H3,(H,15,16)(H,17,18). The Kier molecular flexibility index (Phi) is 7.68. The lowest BCUT2D eigenvalue weighted by atomic mass is 9.84. The van der Waals surface area contributed by atoms with Crippen molar-refractivity contribution >= 4 is 11.9 Å². The van der Waals surface area contributed by atoms with Crippen molar-refractivity contribution in [2.24, 2.45) is 11.3 Å². The van der Waals surface area contributed by atoms with E-state index in [4.69, 9.17) is 9.84 Å². The molecule has 5 nitrogen and oxygen atoms in total. The maximum atomic E-state index is 11.8. The average molecular weight is 273 g/mol. The molecule has 0 aliphatic heterocycles. The molecule has 2 N–H and O–H groups in total. The first-order valence-corrected chi connectivity index (χ1v) is 6.67. The molecule has 0 saturated carbocycles. The highest BCUT2D eigenvalue weighted by atomic mass is 16.5. The molecule has 0 aromatic carbocycles. The van der Waals surface area contributed by atoms with E-state index in [1.54, 1.807) is 0 Å². The first-order chi connectivity index (χ1) is 8.65.